The van der Waals surface area contributed by atoms with Gasteiger partial charge in [-0.2, -0.15) is 0 Å². The zero-order valence-electron chi connectivity index (χ0n) is 11.1. The van der Waals surface area contributed by atoms with Gasteiger partial charge in [-0.1, -0.05) is 48.0 Å². The third kappa shape index (κ3) is 2.93. The van der Waals surface area contributed by atoms with Crippen LogP contribution >= 0.6 is 11.6 Å². The van der Waals surface area contributed by atoms with Crippen molar-refractivity contribution in [2.75, 3.05) is 5.32 Å². The molecule has 3 rings (SSSR count). The molecule has 1 N–H and O–H groups in total. The van der Waals surface area contributed by atoms with Crippen LogP contribution in [-0.4, -0.2) is 0 Å². The molecule has 1 aliphatic rings. The van der Waals surface area contributed by atoms with Gasteiger partial charge in [0.1, 0.15) is 0 Å². The van der Waals surface area contributed by atoms with Crippen molar-refractivity contribution >= 4 is 17.3 Å². The van der Waals surface area contributed by atoms with E-state index in [1.807, 2.05) is 13.0 Å². The first-order valence-electron chi connectivity index (χ1n) is 6.81. The van der Waals surface area contributed by atoms with E-state index in [4.69, 9.17) is 11.6 Å². The van der Waals surface area contributed by atoms with E-state index in [0.29, 0.717) is 6.04 Å². The van der Waals surface area contributed by atoms with Crippen molar-refractivity contribution in [1.29, 1.82) is 0 Å². The molecule has 2 aromatic carbocycles. The van der Waals surface area contributed by atoms with Gasteiger partial charge in [-0.25, -0.2) is 0 Å². The second-order valence-electron chi connectivity index (χ2n) is 5.33. The first kappa shape index (κ1) is 12.6. The van der Waals surface area contributed by atoms with Crippen LogP contribution < -0.4 is 5.32 Å². The number of aryl methyl sites for hydroxylation is 1. The smallest absolute Gasteiger partial charge is 0.0542 e. The molecule has 0 aliphatic heterocycles. The highest BCUT2D eigenvalue weighted by Crippen LogP contribution is 2.43. The Morgan fingerprint density at radius 2 is 1.84 bits per heavy atom. The van der Waals surface area contributed by atoms with E-state index in [9.17, 15) is 0 Å². The Morgan fingerprint density at radius 1 is 1.11 bits per heavy atom. The Labute approximate surface area is 119 Å². The molecule has 0 amide bonds. The fourth-order valence-electron chi connectivity index (χ4n) is 2.43. The molecule has 1 nitrogen and oxygen atoms in total. The van der Waals surface area contributed by atoms with E-state index in [1.165, 1.54) is 18.4 Å². The van der Waals surface area contributed by atoms with Crippen LogP contribution in [0.25, 0.3) is 0 Å². The molecule has 0 radical (unpaired) electrons. The Kier molecular flexibility index (Phi) is 3.48. The van der Waals surface area contributed by atoms with Crippen molar-refractivity contribution in [3.05, 3.63) is 64.7 Å². The molecule has 0 spiro atoms. The van der Waals surface area contributed by atoms with E-state index in [0.717, 1.165) is 22.2 Å². The highest BCUT2D eigenvalue weighted by molar-refractivity contribution is 6.31. The minimum Gasteiger partial charge on any atom is -0.378 e. The molecule has 2 heteroatoms. The lowest BCUT2D eigenvalue weighted by Gasteiger charge is -2.20. The van der Waals surface area contributed by atoms with Gasteiger partial charge in [0.2, 0.25) is 0 Å². The number of benzene rings is 2. The van der Waals surface area contributed by atoms with Gasteiger partial charge in [-0.15, -0.1) is 0 Å². The molecule has 1 aliphatic carbocycles. The number of rotatable bonds is 4. The Hall–Kier alpha value is -1.47. The quantitative estimate of drug-likeness (QED) is 0.805. The highest BCUT2D eigenvalue weighted by Gasteiger charge is 2.32. The van der Waals surface area contributed by atoms with E-state index in [2.05, 4.69) is 47.8 Å². The summed E-state index contributed by atoms with van der Waals surface area (Å²) in [5, 5.41) is 4.47. The number of hydrogen-bond acceptors (Lipinski definition) is 1. The molecule has 1 fully saturated rings. The summed E-state index contributed by atoms with van der Waals surface area (Å²) in [6.45, 7) is 2.03. The predicted molar refractivity (Wildman–Crippen MR) is 81.7 cm³/mol. The maximum atomic E-state index is 6.20. The maximum Gasteiger partial charge on any atom is 0.0542 e. The summed E-state index contributed by atoms with van der Waals surface area (Å²) in [5.74, 6) is 0.752. The molecular formula is C17H18ClN. The second kappa shape index (κ2) is 5.26. The largest absolute Gasteiger partial charge is 0.378 e. The summed E-state index contributed by atoms with van der Waals surface area (Å²) in [4.78, 5) is 0. The van der Waals surface area contributed by atoms with Crippen molar-refractivity contribution in [3.63, 3.8) is 0 Å². The maximum absolute atomic E-state index is 6.20. The van der Waals surface area contributed by atoms with Crippen molar-refractivity contribution in [2.45, 2.75) is 25.8 Å². The van der Waals surface area contributed by atoms with Gasteiger partial charge in [-0.05, 0) is 48.9 Å². The SMILES string of the molecule is Cc1ccc(NC(c2ccccc2)C2CC2)cc1Cl. The topological polar surface area (TPSA) is 12.0 Å². The molecule has 0 heterocycles. The van der Waals surface area contributed by atoms with Crippen LogP contribution in [0.5, 0.6) is 0 Å². The van der Waals surface area contributed by atoms with Crippen LogP contribution in [0.2, 0.25) is 5.02 Å². The Balaban J connectivity index is 1.84. The first-order chi connectivity index (χ1) is 9.24. The number of halogens is 1. The number of anilines is 1. The molecule has 0 aromatic heterocycles. The lowest BCUT2D eigenvalue weighted by atomic mass is 10.0. The highest BCUT2D eigenvalue weighted by atomic mass is 35.5. The zero-order valence-corrected chi connectivity index (χ0v) is 11.8. The van der Waals surface area contributed by atoms with Crippen LogP contribution in [0.15, 0.2) is 48.5 Å². The Morgan fingerprint density at radius 3 is 2.47 bits per heavy atom. The average Bonchev–Trinajstić information content (AvgIpc) is 3.25. The van der Waals surface area contributed by atoms with Gasteiger partial charge >= 0.3 is 0 Å². The van der Waals surface area contributed by atoms with E-state index >= 15 is 0 Å². The van der Waals surface area contributed by atoms with Crippen LogP contribution in [0.1, 0.15) is 30.0 Å². The van der Waals surface area contributed by atoms with Gasteiger partial charge in [0, 0.05) is 10.7 Å². The lowest BCUT2D eigenvalue weighted by molar-refractivity contribution is 0.679. The summed E-state index contributed by atoms with van der Waals surface area (Å²) in [6, 6.07) is 17.3. The number of nitrogens with one attached hydrogen (secondary N) is 1. The van der Waals surface area contributed by atoms with Crippen molar-refractivity contribution in [1.82, 2.24) is 0 Å². The summed E-state index contributed by atoms with van der Waals surface area (Å²) < 4.78 is 0. The molecule has 0 saturated heterocycles. The summed E-state index contributed by atoms with van der Waals surface area (Å²) in [7, 11) is 0. The van der Waals surface area contributed by atoms with Crippen molar-refractivity contribution in [2.24, 2.45) is 5.92 Å². The summed E-state index contributed by atoms with van der Waals surface area (Å²) in [6.07, 6.45) is 2.62. The monoisotopic (exact) mass is 271 g/mol. The summed E-state index contributed by atoms with van der Waals surface area (Å²) >= 11 is 6.20. The van der Waals surface area contributed by atoms with E-state index < -0.39 is 0 Å². The van der Waals surface area contributed by atoms with E-state index in [1.54, 1.807) is 0 Å². The van der Waals surface area contributed by atoms with Crippen LogP contribution in [-0.2, 0) is 0 Å². The zero-order chi connectivity index (χ0) is 13.2. The summed E-state index contributed by atoms with van der Waals surface area (Å²) in [5.41, 5.74) is 3.59. The Bertz CT molecular complexity index is 561. The third-order valence-corrected chi connectivity index (χ3v) is 4.15. The van der Waals surface area contributed by atoms with Gasteiger partial charge < -0.3 is 5.32 Å². The van der Waals surface area contributed by atoms with Gasteiger partial charge in [0.15, 0.2) is 0 Å². The molecule has 2 aromatic rings. The van der Waals surface area contributed by atoms with Crippen molar-refractivity contribution in [3.8, 4) is 0 Å². The van der Waals surface area contributed by atoms with E-state index in [-0.39, 0.29) is 0 Å². The molecule has 98 valence electrons. The lowest BCUT2D eigenvalue weighted by Crippen LogP contribution is -2.12. The van der Waals surface area contributed by atoms with Crippen LogP contribution in [0.3, 0.4) is 0 Å². The molecular weight excluding hydrogens is 254 g/mol. The molecule has 0 bridgehead atoms. The minimum absolute atomic E-state index is 0.403. The first-order valence-corrected chi connectivity index (χ1v) is 7.19. The second-order valence-corrected chi connectivity index (χ2v) is 5.74. The van der Waals surface area contributed by atoms with Gasteiger partial charge in [0.05, 0.1) is 6.04 Å². The standard InChI is InChI=1S/C17H18ClN/c1-12-7-10-15(11-16(12)18)19-17(14-8-9-14)13-5-3-2-4-6-13/h2-7,10-11,14,17,19H,8-9H2,1H3. The molecule has 1 saturated carbocycles. The number of hydrogen-bond donors (Lipinski definition) is 1. The molecule has 1 unspecified atom stereocenters. The average molecular weight is 272 g/mol. The fourth-order valence-corrected chi connectivity index (χ4v) is 2.61. The van der Waals surface area contributed by atoms with Crippen LogP contribution in [0.4, 0.5) is 5.69 Å². The van der Waals surface area contributed by atoms with Crippen LogP contribution in [0, 0.1) is 12.8 Å². The normalized spacial score (nSPS) is 16.1. The fraction of sp³-hybridized carbons (Fsp3) is 0.294. The van der Waals surface area contributed by atoms with Gasteiger partial charge in [0.25, 0.3) is 0 Å². The van der Waals surface area contributed by atoms with Crippen molar-refractivity contribution < 1.29 is 0 Å². The molecule has 19 heavy (non-hydrogen) atoms. The van der Waals surface area contributed by atoms with Gasteiger partial charge in [-0.3, -0.25) is 0 Å². The molecule has 1 atom stereocenters. The third-order valence-electron chi connectivity index (χ3n) is 3.75. The minimum atomic E-state index is 0.403. The predicted octanol–water partition coefficient (Wildman–Crippen LogP) is 5.21.